The molecular formula is C15H24N2O2. The highest BCUT2D eigenvalue weighted by Crippen LogP contribution is 2.11. The van der Waals surface area contributed by atoms with Crippen LogP contribution in [-0.2, 0) is 0 Å². The van der Waals surface area contributed by atoms with Crippen LogP contribution in [0.15, 0.2) is 12.4 Å². The molecular weight excluding hydrogens is 240 g/mol. The van der Waals surface area contributed by atoms with Crippen molar-refractivity contribution in [2.45, 2.75) is 58.3 Å². The smallest absolute Gasteiger partial charge is 0.316 e. The summed E-state index contributed by atoms with van der Waals surface area (Å²) in [5.41, 5.74) is 0.576. The highest BCUT2D eigenvalue weighted by Gasteiger charge is 2.07. The number of methoxy groups -OCH3 is 1. The Balaban J connectivity index is 2.16. The minimum atomic E-state index is 0.121. The number of unbranched alkanes of at least 4 members (excludes halogenated alkanes) is 6. The molecule has 4 heteroatoms. The first-order chi connectivity index (χ1) is 9.27. The molecule has 1 aromatic heterocycles. The van der Waals surface area contributed by atoms with Gasteiger partial charge in [0, 0.05) is 18.8 Å². The van der Waals surface area contributed by atoms with Gasteiger partial charge in [-0.05, 0) is 6.42 Å². The van der Waals surface area contributed by atoms with E-state index in [9.17, 15) is 4.79 Å². The molecule has 0 aliphatic rings. The van der Waals surface area contributed by atoms with Crippen LogP contribution >= 0.6 is 0 Å². The lowest BCUT2D eigenvalue weighted by Crippen LogP contribution is -2.02. The van der Waals surface area contributed by atoms with Gasteiger partial charge in [-0.15, -0.1) is 0 Å². The third-order valence-electron chi connectivity index (χ3n) is 3.14. The van der Waals surface area contributed by atoms with Crippen molar-refractivity contribution in [3.8, 4) is 6.01 Å². The van der Waals surface area contributed by atoms with Crippen LogP contribution in [0.3, 0.4) is 0 Å². The van der Waals surface area contributed by atoms with Crippen LogP contribution in [0.25, 0.3) is 0 Å². The SMILES string of the molecule is CCCCCCCCCC(=O)c1cnc(OC)nc1. The molecule has 0 aliphatic carbocycles. The molecule has 0 N–H and O–H groups in total. The van der Waals surface area contributed by atoms with Crippen molar-refractivity contribution in [2.24, 2.45) is 0 Å². The summed E-state index contributed by atoms with van der Waals surface area (Å²) in [6.07, 6.45) is 12.2. The normalized spacial score (nSPS) is 10.4. The molecule has 1 rings (SSSR count). The van der Waals surface area contributed by atoms with Gasteiger partial charge in [0.05, 0.1) is 12.7 Å². The Kier molecular flexibility index (Phi) is 7.78. The number of hydrogen-bond acceptors (Lipinski definition) is 4. The van der Waals surface area contributed by atoms with Crippen molar-refractivity contribution in [2.75, 3.05) is 7.11 Å². The largest absolute Gasteiger partial charge is 0.467 e. The molecule has 0 unspecified atom stereocenters. The molecule has 0 fully saturated rings. The fraction of sp³-hybridized carbons (Fsp3) is 0.667. The van der Waals surface area contributed by atoms with E-state index >= 15 is 0 Å². The third kappa shape index (κ3) is 6.32. The Bertz CT molecular complexity index is 363. The summed E-state index contributed by atoms with van der Waals surface area (Å²) < 4.78 is 4.86. The van der Waals surface area contributed by atoms with Crippen LogP contribution in [0.1, 0.15) is 68.6 Å². The topological polar surface area (TPSA) is 52.1 Å². The summed E-state index contributed by atoms with van der Waals surface area (Å²) in [5.74, 6) is 0.121. The molecule has 0 aromatic carbocycles. The van der Waals surface area contributed by atoms with Gasteiger partial charge in [-0.1, -0.05) is 45.4 Å². The Morgan fingerprint density at radius 3 is 2.21 bits per heavy atom. The second kappa shape index (κ2) is 9.48. The van der Waals surface area contributed by atoms with Crippen molar-refractivity contribution < 1.29 is 9.53 Å². The molecule has 1 heterocycles. The molecule has 0 radical (unpaired) electrons. The number of ether oxygens (including phenoxy) is 1. The zero-order valence-electron chi connectivity index (χ0n) is 12.0. The van der Waals surface area contributed by atoms with Crippen molar-refractivity contribution in [3.63, 3.8) is 0 Å². The lowest BCUT2D eigenvalue weighted by molar-refractivity contribution is 0.0978. The maximum absolute atomic E-state index is 11.9. The zero-order chi connectivity index (χ0) is 13.9. The number of rotatable bonds is 10. The van der Waals surface area contributed by atoms with Gasteiger partial charge >= 0.3 is 6.01 Å². The molecule has 0 amide bonds. The average Bonchev–Trinajstić information content (AvgIpc) is 2.46. The van der Waals surface area contributed by atoms with E-state index in [2.05, 4.69) is 16.9 Å². The lowest BCUT2D eigenvalue weighted by atomic mass is 10.0. The summed E-state index contributed by atoms with van der Waals surface area (Å²) in [4.78, 5) is 19.7. The third-order valence-corrected chi connectivity index (χ3v) is 3.14. The van der Waals surface area contributed by atoms with Gasteiger partial charge in [0.25, 0.3) is 0 Å². The number of carbonyl (C=O) groups excluding carboxylic acids is 1. The minimum Gasteiger partial charge on any atom is -0.467 e. The fourth-order valence-corrected chi connectivity index (χ4v) is 1.95. The summed E-state index contributed by atoms with van der Waals surface area (Å²) in [5, 5.41) is 0. The molecule has 4 nitrogen and oxygen atoms in total. The van der Waals surface area contributed by atoms with E-state index < -0.39 is 0 Å². The number of carbonyl (C=O) groups is 1. The fourth-order valence-electron chi connectivity index (χ4n) is 1.95. The monoisotopic (exact) mass is 264 g/mol. The van der Waals surface area contributed by atoms with Gasteiger partial charge in [-0.3, -0.25) is 4.79 Å². The number of aromatic nitrogens is 2. The van der Waals surface area contributed by atoms with Crippen LogP contribution in [0, 0.1) is 0 Å². The summed E-state index contributed by atoms with van der Waals surface area (Å²) in [6, 6.07) is 0.299. The zero-order valence-corrected chi connectivity index (χ0v) is 12.0. The highest BCUT2D eigenvalue weighted by atomic mass is 16.5. The van der Waals surface area contributed by atoms with E-state index in [1.807, 2.05) is 0 Å². The number of ketones is 1. The maximum Gasteiger partial charge on any atom is 0.316 e. The van der Waals surface area contributed by atoms with E-state index in [-0.39, 0.29) is 5.78 Å². The van der Waals surface area contributed by atoms with Gasteiger partial charge in [0.2, 0.25) is 0 Å². The number of nitrogens with zero attached hydrogens (tertiary/aromatic N) is 2. The number of Topliss-reactive ketones (excluding diaryl/α,β-unsaturated/α-hetero) is 1. The van der Waals surface area contributed by atoms with Crippen molar-refractivity contribution in [1.82, 2.24) is 9.97 Å². The lowest BCUT2D eigenvalue weighted by Gasteiger charge is -2.02. The van der Waals surface area contributed by atoms with Crippen LogP contribution in [0.5, 0.6) is 6.01 Å². The first kappa shape index (κ1) is 15.6. The quantitative estimate of drug-likeness (QED) is 0.476. The minimum absolute atomic E-state index is 0.121. The van der Waals surface area contributed by atoms with Crippen molar-refractivity contribution in [1.29, 1.82) is 0 Å². The second-order valence-electron chi connectivity index (χ2n) is 4.75. The van der Waals surface area contributed by atoms with Crippen LogP contribution in [0.4, 0.5) is 0 Å². The predicted molar refractivity (Wildman–Crippen MR) is 75.5 cm³/mol. The molecule has 106 valence electrons. The molecule has 0 atom stereocenters. The predicted octanol–water partition coefficient (Wildman–Crippen LogP) is 3.81. The van der Waals surface area contributed by atoms with E-state index in [0.29, 0.717) is 18.0 Å². The van der Waals surface area contributed by atoms with Gasteiger partial charge in [-0.25, -0.2) is 9.97 Å². The van der Waals surface area contributed by atoms with Gasteiger partial charge in [-0.2, -0.15) is 0 Å². The molecule has 1 aromatic rings. The van der Waals surface area contributed by atoms with Crippen LogP contribution < -0.4 is 4.74 Å². The Morgan fingerprint density at radius 2 is 1.63 bits per heavy atom. The molecule has 0 spiro atoms. The molecule has 19 heavy (non-hydrogen) atoms. The molecule has 0 saturated heterocycles. The van der Waals surface area contributed by atoms with Crippen molar-refractivity contribution >= 4 is 5.78 Å². The van der Waals surface area contributed by atoms with Gasteiger partial charge in [0.15, 0.2) is 5.78 Å². The number of hydrogen-bond donors (Lipinski definition) is 0. The Hall–Kier alpha value is -1.45. The van der Waals surface area contributed by atoms with Crippen LogP contribution in [0.2, 0.25) is 0 Å². The van der Waals surface area contributed by atoms with Crippen LogP contribution in [-0.4, -0.2) is 22.9 Å². The second-order valence-corrected chi connectivity index (χ2v) is 4.75. The van der Waals surface area contributed by atoms with Gasteiger partial charge in [0.1, 0.15) is 0 Å². The molecule has 0 aliphatic heterocycles. The summed E-state index contributed by atoms with van der Waals surface area (Å²) >= 11 is 0. The van der Waals surface area contributed by atoms with Crippen molar-refractivity contribution in [3.05, 3.63) is 18.0 Å². The summed E-state index contributed by atoms with van der Waals surface area (Å²) in [6.45, 7) is 2.22. The molecule has 0 saturated carbocycles. The Labute approximate surface area is 115 Å². The van der Waals surface area contributed by atoms with E-state index in [1.165, 1.54) is 51.6 Å². The van der Waals surface area contributed by atoms with E-state index in [0.717, 1.165) is 12.8 Å². The van der Waals surface area contributed by atoms with E-state index in [4.69, 9.17) is 4.74 Å². The van der Waals surface area contributed by atoms with E-state index in [1.54, 1.807) is 0 Å². The molecule has 0 bridgehead atoms. The first-order valence-corrected chi connectivity index (χ1v) is 7.17. The van der Waals surface area contributed by atoms with Gasteiger partial charge < -0.3 is 4.74 Å². The first-order valence-electron chi connectivity index (χ1n) is 7.17. The highest BCUT2D eigenvalue weighted by molar-refractivity contribution is 5.95. The standard InChI is InChI=1S/C15H24N2O2/c1-3-4-5-6-7-8-9-10-14(18)13-11-16-15(19-2)17-12-13/h11-12H,3-10H2,1-2H3. The average molecular weight is 264 g/mol. The Morgan fingerprint density at radius 1 is 1.05 bits per heavy atom. The maximum atomic E-state index is 11.9. The summed E-state index contributed by atoms with van der Waals surface area (Å²) in [7, 11) is 1.51.